The molecule has 4 nitrogen and oxygen atoms in total. The topological polar surface area (TPSA) is 36.4 Å². The van der Waals surface area contributed by atoms with E-state index in [0.717, 1.165) is 16.4 Å². The van der Waals surface area contributed by atoms with Crippen molar-refractivity contribution in [3.8, 4) is 0 Å². The van der Waals surface area contributed by atoms with Crippen molar-refractivity contribution in [1.82, 2.24) is 9.88 Å². The van der Waals surface area contributed by atoms with Crippen LogP contribution < -0.4 is 4.90 Å². The zero-order valence-electron chi connectivity index (χ0n) is 14.2. The van der Waals surface area contributed by atoms with Crippen LogP contribution in [0, 0.1) is 0 Å². The molecule has 0 aliphatic heterocycles. The minimum Gasteiger partial charge on any atom is -0.294 e. The van der Waals surface area contributed by atoms with Crippen LogP contribution in [0.2, 0.25) is 10.0 Å². The SMILES string of the molecule is CCN(C(C)=O)c1nc(CN(C)C(C)c2ccc(Cl)cc2Cl)cs1. The molecule has 1 aromatic carbocycles. The van der Waals surface area contributed by atoms with E-state index in [0.29, 0.717) is 23.1 Å². The highest BCUT2D eigenvalue weighted by atomic mass is 35.5. The van der Waals surface area contributed by atoms with Gasteiger partial charge in [0, 0.05) is 41.5 Å². The van der Waals surface area contributed by atoms with Crippen LogP contribution in [0.5, 0.6) is 0 Å². The Balaban J connectivity index is 2.10. The second-order valence-corrected chi connectivity index (χ2v) is 7.32. The number of thiazole rings is 1. The van der Waals surface area contributed by atoms with Gasteiger partial charge in [0.1, 0.15) is 0 Å². The molecule has 1 unspecified atom stereocenters. The smallest absolute Gasteiger partial charge is 0.225 e. The standard InChI is InChI=1S/C17H21Cl2N3OS/c1-5-22(12(3)23)17-20-14(10-24-17)9-21(4)11(2)15-7-6-13(18)8-16(15)19/h6-8,10-11H,5,9H2,1-4H3. The van der Waals surface area contributed by atoms with E-state index in [1.807, 2.05) is 31.5 Å². The Morgan fingerprint density at radius 2 is 2.08 bits per heavy atom. The molecule has 0 radical (unpaired) electrons. The zero-order chi connectivity index (χ0) is 17.9. The van der Waals surface area contributed by atoms with Crippen LogP contribution in [0.1, 0.15) is 38.1 Å². The van der Waals surface area contributed by atoms with Crippen LogP contribution in [0.25, 0.3) is 0 Å². The van der Waals surface area contributed by atoms with Gasteiger partial charge in [-0.15, -0.1) is 11.3 Å². The van der Waals surface area contributed by atoms with E-state index >= 15 is 0 Å². The summed E-state index contributed by atoms with van der Waals surface area (Å²) in [5, 5.41) is 4.03. The Morgan fingerprint density at radius 3 is 2.67 bits per heavy atom. The Morgan fingerprint density at radius 1 is 1.38 bits per heavy atom. The van der Waals surface area contributed by atoms with Crippen molar-refractivity contribution in [1.29, 1.82) is 0 Å². The first-order valence-corrected chi connectivity index (χ1v) is 9.34. The summed E-state index contributed by atoms with van der Waals surface area (Å²) in [7, 11) is 2.02. The number of carbonyl (C=O) groups excluding carboxylic acids is 1. The average Bonchev–Trinajstić information content (AvgIpc) is 2.95. The molecule has 0 fully saturated rings. The quantitative estimate of drug-likeness (QED) is 0.700. The van der Waals surface area contributed by atoms with E-state index in [1.54, 1.807) is 17.9 Å². The van der Waals surface area contributed by atoms with Crippen LogP contribution in [-0.4, -0.2) is 29.4 Å². The van der Waals surface area contributed by atoms with Gasteiger partial charge < -0.3 is 0 Å². The van der Waals surface area contributed by atoms with E-state index in [9.17, 15) is 4.79 Å². The Bertz CT molecular complexity index is 720. The minimum absolute atomic E-state index is 0.00747. The highest BCUT2D eigenvalue weighted by Gasteiger charge is 2.18. The predicted octanol–water partition coefficient (Wildman–Crippen LogP) is 5.02. The molecule has 130 valence electrons. The molecule has 0 aliphatic carbocycles. The number of rotatable bonds is 6. The highest BCUT2D eigenvalue weighted by Crippen LogP contribution is 2.30. The summed E-state index contributed by atoms with van der Waals surface area (Å²) in [4.78, 5) is 20.0. The van der Waals surface area contributed by atoms with E-state index < -0.39 is 0 Å². The van der Waals surface area contributed by atoms with E-state index in [1.165, 1.54) is 11.3 Å². The first-order chi connectivity index (χ1) is 11.3. The summed E-state index contributed by atoms with van der Waals surface area (Å²) in [5.41, 5.74) is 1.96. The Kier molecular flexibility index (Phi) is 6.63. The van der Waals surface area contributed by atoms with Crippen LogP contribution in [0.3, 0.4) is 0 Å². The number of amides is 1. The van der Waals surface area contributed by atoms with Gasteiger partial charge in [-0.3, -0.25) is 14.6 Å². The van der Waals surface area contributed by atoms with Gasteiger partial charge in [-0.2, -0.15) is 0 Å². The maximum atomic E-state index is 11.6. The third kappa shape index (κ3) is 4.48. The van der Waals surface area contributed by atoms with Gasteiger partial charge in [-0.1, -0.05) is 29.3 Å². The summed E-state index contributed by atoms with van der Waals surface area (Å²) in [6.45, 7) is 6.89. The fourth-order valence-electron chi connectivity index (χ4n) is 2.46. The molecule has 0 saturated heterocycles. The molecule has 1 heterocycles. The third-order valence-corrected chi connectivity index (χ3v) is 5.43. The molecule has 0 N–H and O–H groups in total. The molecule has 0 saturated carbocycles. The van der Waals surface area contributed by atoms with Gasteiger partial charge in [0.05, 0.1) is 5.69 Å². The summed E-state index contributed by atoms with van der Waals surface area (Å²) < 4.78 is 0. The van der Waals surface area contributed by atoms with Gasteiger partial charge in [-0.05, 0) is 38.6 Å². The first kappa shape index (κ1) is 19.2. The number of benzene rings is 1. The number of carbonyl (C=O) groups is 1. The Hall–Kier alpha value is -1.14. The number of halogens is 2. The molecule has 1 atom stereocenters. The monoisotopic (exact) mass is 385 g/mol. The molecule has 0 aliphatic rings. The lowest BCUT2D eigenvalue weighted by Crippen LogP contribution is -2.28. The van der Waals surface area contributed by atoms with Crippen molar-refractivity contribution in [2.24, 2.45) is 0 Å². The number of nitrogens with zero attached hydrogens (tertiary/aromatic N) is 3. The normalized spacial score (nSPS) is 12.5. The van der Waals surface area contributed by atoms with E-state index in [2.05, 4.69) is 16.8 Å². The molecule has 7 heteroatoms. The van der Waals surface area contributed by atoms with Gasteiger partial charge in [0.2, 0.25) is 5.91 Å². The van der Waals surface area contributed by atoms with E-state index in [-0.39, 0.29) is 11.9 Å². The van der Waals surface area contributed by atoms with Crippen molar-refractivity contribution >= 4 is 45.6 Å². The first-order valence-electron chi connectivity index (χ1n) is 7.71. The van der Waals surface area contributed by atoms with Gasteiger partial charge in [0.25, 0.3) is 0 Å². The molecule has 1 aromatic heterocycles. The van der Waals surface area contributed by atoms with Crippen molar-refractivity contribution < 1.29 is 4.79 Å². The Labute approximate surface area is 157 Å². The van der Waals surface area contributed by atoms with Crippen LogP contribution >= 0.6 is 34.5 Å². The fourth-order valence-corrected chi connectivity index (χ4v) is 3.95. The molecule has 2 rings (SSSR count). The highest BCUT2D eigenvalue weighted by molar-refractivity contribution is 7.14. The lowest BCUT2D eigenvalue weighted by atomic mass is 10.1. The summed E-state index contributed by atoms with van der Waals surface area (Å²) in [5.74, 6) is 0.00747. The van der Waals surface area contributed by atoms with Crippen molar-refractivity contribution in [2.75, 3.05) is 18.5 Å². The molecule has 0 spiro atoms. The van der Waals surface area contributed by atoms with Gasteiger partial charge in [-0.25, -0.2) is 4.98 Å². The number of hydrogen-bond donors (Lipinski definition) is 0. The zero-order valence-corrected chi connectivity index (χ0v) is 16.5. The number of anilines is 1. The summed E-state index contributed by atoms with van der Waals surface area (Å²) >= 11 is 13.8. The van der Waals surface area contributed by atoms with Crippen LogP contribution in [0.4, 0.5) is 5.13 Å². The second kappa shape index (κ2) is 8.30. The largest absolute Gasteiger partial charge is 0.294 e. The maximum Gasteiger partial charge on any atom is 0.225 e. The minimum atomic E-state index is 0.00747. The lowest BCUT2D eigenvalue weighted by Gasteiger charge is -2.25. The van der Waals surface area contributed by atoms with Crippen LogP contribution in [-0.2, 0) is 11.3 Å². The average molecular weight is 386 g/mol. The molecular weight excluding hydrogens is 365 g/mol. The second-order valence-electron chi connectivity index (χ2n) is 5.64. The van der Waals surface area contributed by atoms with Crippen molar-refractivity contribution in [2.45, 2.75) is 33.4 Å². The van der Waals surface area contributed by atoms with Gasteiger partial charge >= 0.3 is 0 Å². The molecule has 1 amide bonds. The number of aromatic nitrogens is 1. The summed E-state index contributed by atoms with van der Waals surface area (Å²) in [6.07, 6.45) is 0. The molecule has 24 heavy (non-hydrogen) atoms. The lowest BCUT2D eigenvalue weighted by molar-refractivity contribution is -0.116. The molecular formula is C17H21Cl2N3OS. The van der Waals surface area contributed by atoms with Crippen LogP contribution in [0.15, 0.2) is 23.6 Å². The van der Waals surface area contributed by atoms with E-state index in [4.69, 9.17) is 23.2 Å². The van der Waals surface area contributed by atoms with Gasteiger partial charge in [0.15, 0.2) is 5.13 Å². The summed E-state index contributed by atoms with van der Waals surface area (Å²) in [6, 6.07) is 5.68. The van der Waals surface area contributed by atoms with Crippen molar-refractivity contribution in [3.05, 3.63) is 44.9 Å². The fraction of sp³-hybridized carbons (Fsp3) is 0.412. The predicted molar refractivity (Wildman–Crippen MR) is 102 cm³/mol. The number of hydrogen-bond acceptors (Lipinski definition) is 4. The third-order valence-electron chi connectivity index (χ3n) is 3.95. The maximum absolute atomic E-state index is 11.6. The molecule has 2 aromatic rings. The van der Waals surface area contributed by atoms with Crippen molar-refractivity contribution in [3.63, 3.8) is 0 Å². The molecule has 0 bridgehead atoms.